The Morgan fingerprint density at radius 3 is 2.35 bits per heavy atom. The van der Waals surface area contributed by atoms with Crippen LogP contribution in [0.5, 0.6) is 0 Å². The number of thiophene rings is 1. The Labute approximate surface area is 141 Å². The minimum atomic E-state index is -3.48. The molecule has 23 heavy (non-hydrogen) atoms. The number of benzene rings is 1. The largest absolute Gasteiger partial charge is 0.243 e. The predicted molar refractivity (Wildman–Crippen MR) is 90.8 cm³/mol. The van der Waals surface area contributed by atoms with Crippen LogP contribution in [-0.2, 0) is 15.4 Å². The summed E-state index contributed by atoms with van der Waals surface area (Å²) in [6.07, 6.45) is 1.07. The third kappa shape index (κ3) is 2.92. The van der Waals surface area contributed by atoms with Crippen LogP contribution >= 0.6 is 11.3 Å². The molecule has 0 unspecified atom stereocenters. The molecule has 0 N–H and O–H groups in total. The van der Waals surface area contributed by atoms with Gasteiger partial charge in [0.05, 0.1) is 16.4 Å². The van der Waals surface area contributed by atoms with E-state index in [1.165, 1.54) is 4.31 Å². The van der Waals surface area contributed by atoms with Gasteiger partial charge in [0.25, 0.3) is 0 Å². The molecule has 3 rings (SSSR count). The smallest absolute Gasteiger partial charge is 0.207 e. The standard InChI is InChI=1S/C17H18N2O2S2/c1-14-4-6-15(7-5-14)23(20,21)19-10-8-17(13-18,9-11-19)16-3-2-12-22-16/h2-7,12H,8-11H2,1H3. The maximum absolute atomic E-state index is 12.7. The number of sulfonamides is 1. The fourth-order valence-electron chi connectivity index (χ4n) is 2.93. The molecule has 1 aliphatic rings. The molecule has 0 bridgehead atoms. The lowest BCUT2D eigenvalue weighted by molar-refractivity contribution is 0.280. The van der Waals surface area contributed by atoms with Crippen LogP contribution in [-0.4, -0.2) is 25.8 Å². The molecule has 0 aliphatic carbocycles. The summed E-state index contributed by atoms with van der Waals surface area (Å²) < 4.78 is 27.0. The Balaban J connectivity index is 1.81. The molecule has 0 saturated carbocycles. The van der Waals surface area contributed by atoms with Gasteiger partial charge >= 0.3 is 0 Å². The fourth-order valence-corrected chi connectivity index (χ4v) is 5.31. The van der Waals surface area contributed by atoms with Gasteiger partial charge in [-0.1, -0.05) is 23.8 Å². The van der Waals surface area contributed by atoms with Crippen LogP contribution in [0.3, 0.4) is 0 Å². The second kappa shape index (κ2) is 6.08. The predicted octanol–water partition coefficient (Wildman–Crippen LogP) is 3.30. The third-order valence-corrected chi connectivity index (χ3v) is 7.43. The van der Waals surface area contributed by atoms with Gasteiger partial charge in [-0.25, -0.2) is 8.42 Å². The van der Waals surface area contributed by atoms with E-state index in [1.807, 2.05) is 36.6 Å². The summed E-state index contributed by atoms with van der Waals surface area (Å²) in [5, 5.41) is 11.6. The number of nitriles is 1. The molecule has 0 amide bonds. The minimum absolute atomic E-state index is 0.323. The summed E-state index contributed by atoms with van der Waals surface area (Å²) in [4.78, 5) is 1.36. The molecule has 1 aromatic heterocycles. The van der Waals surface area contributed by atoms with Gasteiger partial charge < -0.3 is 0 Å². The first-order valence-electron chi connectivity index (χ1n) is 7.50. The molecule has 2 heterocycles. The molecule has 4 nitrogen and oxygen atoms in total. The highest BCUT2D eigenvalue weighted by Gasteiger charge is 2.40. The monoisotopic (exact) mass is 346 g/mol. The van der Waals surface area contributed by atoms with Crippen molar-refractivity contribution in [2.24, 2.45) is 0 Å². The van der Waals surface area contributed by atoms with E-state index in [0.717, 1.165) is 10.4 Å². The highest BCUT2D eigenvalue weighted by Crippen LogP contribution is 2.38. The first kappa shape index (κ1) is 16.2. The molecule has 1 aliphatic heterocycles. The molecule has 2 aromatic rings. The van der Waals surface area contributed by atoms with Crippen molar-refractivity contribution in [3.8, 4) is 6.07 Å². The maximum atomic E-state index is 12.7. The van der Waals surface area contributed by atoms with Crippen molar-refractivity contribution in [3.63, 3.8) is 0 Å². The summed E-state index contributed by atoms with van der Waals surface area (Å²) in [5.74, 6) is 0. The average Bonchev–Trinajstić information content (AvgIpc) is 3.10. The number of nitrogens with zero attached hydrogens (tertiary/aromatic N) is 2. The Morgan fingerprint density at radius 2 is 1.83 bits per heavy atom. The highest BCUT2D eigenvalue weighted by molar-refractivity contribution is 7.89. The molecule has 0 radical (unpaired) electrons. The lowest BCUT2D eigenvalue weighted by atomic mass is 9.79. The van der Waals surface area contributed by atoms with Gasteiger partial charge in [-0.3, -0.25) is 0 Å². The first-order chi connectivity index (χ1) is 11.0. The highest BCUT2D eigenvalue weighted by atomic mass is 32.2. The zero-order valence-electron chi connectivity index (χ0n) is 12.9. The number of hydrogen-bond acceptors (Lipinski definition) is 4. The molecular formula is C17H18N2O2S2. The maximum Gasteiger partial charge on any atom is 0.243 e. The van der Waals surface area contributed by atoms with Gasteiger partial charge in [-0.05, 0) is 43.3 Å². The second-order valence-electron chi connectivity index (χ2n) is 5.89. The molecule has 0 atom stereocenters. The van der Waals surface area contributed by atoms with Gasteiger partial charge in [0.2, 0.25) is 10.0 Å². The SMILES string of the molecule is Cc1ccc(S(=O)(=O)N2CCC(C#N)(c3cccs3)CC2)cc1. The molecule has 120 valence electrons. The summed E-state index contributed by atoms with van der Waals surface area (Å²) in [5.41, 5.74) is 0.483. The molecular weight excluding hydrogens is 328 g/mol. The number of hydrogen-bond donors (Lipinski definition) is 0. The minimum Gasteiger partial charge on any atom is -0.207 e. The van der Waals surface area contributed by atoms with Crippen molar-refractivity contribution in [1.29, 1.82) is 5.26 Å². The van der Waals surface area contributed by atoms with E-state index >= 15 is 0 Å². The zero-order chi connectivity index (χ0) is 16.5. The third-order valence-electron chi connectivity index (χ3n) is 4.44. The van der Waals surface area contributed by atoms with Crippen molar-refractivity contribution in [2.75, 3.05) is 13.1 Å². The van der Waals surface area contributed by atoms with Crippen LogP contribution in [0.4, 0.5) is 0 Å². The Kier molecular flexibility index (Phi) is 4.28. The fraction of sp³-hybridized carbons (Fsp3) is 0.353. The molecule has 1 aromatic carbocycles. The van der Waals surface area contributed by atoms with Crippen molar-refractivity contribution < 1.29 is 8.42 Å². The van der Waals surface area contributed by atoms with Crippen LogP contribution in [0.15, 0.2) is 46.7 Å². The summed E-state index contributed by atoms with van der Waals surface area (Å²) in [6, 6.07) is 13.3. The average molecular weight is 346 g/mol. The number of rotatable bonds is 3. The Hall–Kier alpha value is -1.68. The lowest BCUT2D eigenvalue weighted by Gasteiger charge is -2.36. The van der Waals surface area contributed by atoms with Crippen LogP contribution in [0, 0.1) is 18.3 Å². The van der Waals surface area contributed by atoms with E-state index in [-0.39, 0.29) is 0 Å². The van der Waals surface area contributed by atoms with Gasteiger partial charge in [0, 0.05) is 18.0 Å². The van der Waals surface area contributed by atoms with Gasteiger partial charge in [0.1, 0.15) is 0 Å². The summed E-state index contributed by atoms with van der Waals surface area (Å²) in [7, 11) is -3.48. The van der Waals surface area contributed by atoms with Crippen LogP contribution in [0.2, 0.25) is 0 Å². The van der Waals surface area contributed by atoms with E-state index < -0.39 is 15.4 Å². The van der Waals surface area contributed by atoms with E-state index in [9.17, 15) is 13.7 Å². The molecule has 6 heteroatoms. The quantitative estimate of drug-likeness (QED) is 0.857. The summed E-state index contributed by atoms with van der Waals surface area (Å²) >= 11 is 1.57. The van der Waals surface area contributed by atoms with Gasteiger partial charge in [-0.15, -0.1) is 11.3 Å². The molecule has 1 saturated heterocycles. The normalized spacial score (nSPS) is 18.4. The van der Waals surface area contributed by atoms with E-state index in [2.05, 4.69) is 6.07 Å². The first-order valence-corrected chi connectivity index (χ1v) is 9.82. The van der Waals surface area contributed by atoms with Gasteiger partial charge in [-0.2, -0.15) is 9.57 Å². The Bertz CT molecular complexity index is 810. The molecule has 0 spiro atoms. The van der Waals surface area contributed by atoms with Crippen molar-refractivity contribution in [3.05, 3.63) is 52.2 Å². The van der Waals surface area contributed by atoms with Crippen LogP contribution in [0.1, 0.15) is 23.3 Å². The van der Waals surface area contributed by atoms with E-state index in [1.54, 1.807) is 23.5 Å². The molecule has 1 fully saturated rings. The van der Waals surface area contributed by atoms with Crippen molar-refractivity contribution >= 4 is 21.4 Å². The topological polar surface area (TPSA) is 61.2 Å². The van der Waals surface area contributed by atoms with Crippen LogP contribution in [0.25, 0.3) is 0 Å². The summed E-state index contributed by atoms with van der Waals surface area (Å²) in [6.45, 7) is 2.68. The van der Waals surface area contributed by atoms with E-state index in [0.29, 0.717) is 30.8 Å². The number of piperidine rings is 1. The van der Waals surface area contributed by atoms with Crippen molar-refractivity contribution in [1.82, 2.24) is 4.31 Å². The zero-order valence-corrected chi connectivity index (χ0v) is 14.5. The number of aryl methyl sites for hydroxylation is 1. The lowest BCUT2D eigenvalue weighted by Crippen LogP contribution is -2.44. The van der Waals surface area contributed by atoms with E-state index in [4.69, 9.17) is 0 Å². The van der Waals surface area contributed by atoms with Gasteiger partial charge in [0.15, 0.2) is 0 Å². The van der Waals surface area contributed by atoms with Crippen molar-refractivity contribution in [2.45, 2.75) is 30.1 Å². The van der Waals surface area contributed by atoms with Crippen LogP contribution < -0.4 is 0 Å². The Morgan fingerprint density at radius 1 is 1.17 bits per heavy atom. The second-order valence-corrected chi connectivity index (χ2v) is 8.77.